The highest BCUT2D eigenvalue weighted by molar-refractivity contribution is 6.20. The zero-order valence-electron chi connectivity index (χ0n) is 10.1. The topological polar surface area (TPSA) is 0 Å². The monoisotopic (exact) mass is 228 g/mol. The molecule has 0 radical (unpaired) electrons. The second kappa shape index (κ2) is 5.57. The molecule has 1 heteroatoms. The molecule has 0 heterocycles. The molecule has 0 amide bonds. The van der Waals surface area contributed by atoms with E-state index in [4.69, 9.17) is 11.6 Å². The first-order chi connectivity index (χ1) is 7.29. The normalized spacial score (nSPS) is 42.8. The molecule has 15 heavy (non-hydrogen) atoms. The third-order valence-corrected chi connectivity index (χ3v) is 5.11. The summed E-state index contributed by atoms with van der Waals surface area (Å²) in [4.78, 5) is 0. The average molecular weight is 229 g/mol. The number of rotatable bonds is 2. The minimum atomic E-state index is 0.491. The molecule has 0 aromatic heterocycles. The summed E-state index contributed by atoms with van der Waals surface area (Å²) in [5, 5.41) is 0.491. The quantitative estimate of drug-likeness (QED) is 0.584. The first-order valence-corrected chi connectivity index (χ1v) is 7.37. The molecule has 0 saturated heterocycles. The fourth-order valence-electron chi connectivity index (χ4n) is 3.73. The van der Waals surface area contributed by atoms with Gasteiger partial charge in [0.15, 0.2) is 0 Å². The number of hydrogen-bond acceptors (Lipinski definition) is 0. The van der Waals surface area contributed by atoms with Crippen LogP contribution in [0.4, 0.5) is 0 Å². The Kier molecular flexibility index (Phi) is 4.37. The van der Waals surface area contributed by atoms with Crippen molar-refractivity contribution in [3.8, 4) is 0 Å². The van der Waals surface area contributed by atoms with E-state index in [0.29, 0.717) is 5.38 Å². The molecule has 2 aliphatic rings. The third kappa shape index (κ3) is 3.12. The molecule has 0 N–H and O–H groups in total. The lowest BCUT2D eigenvalue weighted by Crippen LogP contribution is -2.27. The summed E-state index contributed by atoms with van der Waals surface area (Å²) in [6.07, 6.45) is 12.8. The first kappa shape index (κ1) is 11.8. The van der Waals surface area contributed by atoms with E-state index in [9.17, 15) is 0 Å². The molecule has 2 aliphatic carbocycles. The molecule has 0 bridgehead atoms. The van der Waals surface area contributed by atoms with Gasteiger partial charge in [-0.25, -0.2) is 0 Å². The molecule has 4 unspecified atom stereocenters. The van der Waals surface area contributed by atoms with Crippen molar-refractivity contribution in [1.82, 2.24) is 0 Å². The van der Waals surface area contributed by atoms with Crippen molar-refractivity contribution >= 4 is 11.6 Å². The van der Waals surface area contributed by atoms with Crippen molar-refractivity contribution in [3.63, 3.8) is 0 Å². The Morgan fingerprint density at radius 2 is 1.60 bits per heavy atom. The third-order valence-electron chi connectivity index (χ3n) is 4.72. The van der Waals surface area contributed by atoms with Crippen LogP contribution in [-0.4, -0.2) is 5.38 Å². The van der Waals surface area contributed by atoms with Gasteiger partial charge in [-0.2, -0.15) is 0 Å². The molecule has 2 saturated carbocycles. The Labute approximate surface area is 99.8 Å². The van der Waals surface area contributed by atoms with Gasteiger partial charge in [-0.3, -0.25) is 0 Å². The summed E-state index contributed by atoms with van der Waals surface area (Å²) in [6, 6.07) is 0. The Bertz CT molecular complexity index is 190. The van der Waals surface area contributed by atoms with E-state index in [1.807, 2.05) is 0 Å². The fourth-order valence-corrected chi connectivity index (χ4v) is 4.11. The number of hydrogen-bond donors (Lipinski definition) is 0. The summed E-state index contributed by atoms with van der Waals surface area (Å²) >= 11 is 6.30. The molecule has 0 nitrogen and oxygen atoms in total. The molecule has 0 aliphatic heterocycles. The van der Waals surface area contributed by atoms with Gasteiger partial charge in [0.2, 0.25) is 0 Å². The van der Waals surface area contributed by atoms with Gasteiger partial charge in [-0.05, 0) is 37.0 Å². The molecule has 2 fully saturated rings. The van der Waals surface area contributed by atoms with Crippen LogP contribution in [0.1, 0.15) is 64.7 Å². The van der Waals surface area contributed by atoms with Gasteiger partial charge in [0.05, 0.1) is 0 Å². The molecule has 2 rings (SSSR count). The first-order valence-electron chi connectivity index (χ1n) is 6.93. The maximum absolute atomic E-state index is 6.30. The predicted octanol–water partition coefficient (Wildman–Crippen LogP) is 5.00. The lowest BCUT2D eigenvalue weighted by atomic mass is 9.70. The maximum atomic E-state index is 6.30. The summed E-state index contributed by atoms with van der Waals surface area (Å²) in [5.74, 6) is 3.01. The summed E-state index contributed by atoms with van der Waals surface area (Å²) < 4.78 is 0. The summed E-state index contributed by atoms with van der Waals surface area (Å²) in [7, 11) is 0. The van der Waals surface area contributed by atoms with Crippen LogP contribution in [0, 0.1) is 17.8 Å². The lowest BCUT2D eigenvalue weighted by Gasteiger charge is -2.37. The van der Waals surface area contributed by atoms with Crippen molar-refractivity contribution in [2.24, 2.45) is 17.8 Å². The van der Waals surface area contributed by atoms with Crippen molar-refractivity contribution in [2.45, 2.75) is 70.1 Å². The minimum Gasteiger partial charge on any atom is -0.123 e. The van der Waals surface area contributed by atoms with Gasteiger partial charge in [0.25, 0.3) is 0 Å². The van der Waals surface area contributed by atoms with E-state index in [-0.39, 0.29) is 0 Å². The smallest absolute Gasteiger partial charge is 0.0338 e. The summed E-state index contributed by atoms with van der Waals surface area (Å²) in [5.41, 5.74) is 0. The maximum Gasteiger partial charge on any atom is 0.0338 e. The van der Waals surface area contributed by atoms with Crippen molar-refractivity contribution in [1.29, 1.82) is 0 Å². The van der Waals surface area contributed by atoms with Crippen LogP contribution in [0.15, 0.2) is 0 Å². The highest BCUT2D eigenvalue weighted by atomic mass is 35.5. The molecule has 0 aromatic rings. The fraction of sp³-hybridized carbons (Fsp3) is 1.00. The second-order valence-electron chi connectivity index (χ2n) is 5.72. The highest BCUT2D eigenvalue weighted by Crippen LogP contribution is 2.41. The van der Waals surface area contributed by atoms with Gasteiger partial charge < -0.3 is 0 Å². The van der Waals surface area contributed by atoms with E-state index < -0.39 is 0 Å². The predicted molar refractivity (Wildman–Crippen MR) is 67.3 cm³/mol. The van der Waals surface area contributed by atoms with Gasteiger partial charge in [0, 0.05) is 5.38 Å². The lowest BCUT2D eigenvalue weighted by molar-refractivity contribution is 0.158. The van der Waals surface area contributed by atoms with Gasteiger partial charge in [-0.1, -0.05) is 45.4 Å². The highest BCUT2D eigenvalue weighted by Gasteiger charge is 2.30. The van der Waals surface area contributed by atoms with E-state index in [1.165, 1.54) is 57.8 Å². The van der Waals surface area contributed by atoms with E-state index in [0.717, 1.165) is 17.8 Å². The zero-order valence-corrected chi connectivity index (χ0v) is 10.8. The molecule has 4 atom stereocenters. The zero-order chi connectivity index (χ0) is 10.7. The van der Waals surface area contributed by atoms with Crippen molar-refractivity contribution in [3.05, 3.63) is 0 Å². The van der Waals surface area contributed by atoms with Crippen molar-refractivity contribution in [2.75, 3.05) is 0 Å². The van der Waals surface area contributed by atoms with Crippen LogP contribution in [-0.2, 0) is 0 Å². The molecule has 0 spiro atoms. The largest absolute Gasteiger partial charge is 0.123 e. The van der Waals surface area contributed by atoms with Gasteiger partial charge in [-0.15, -0.1) is 11.6 Å². The summed E-state index contributed by atoms with van der Waals surface area (Å²) in [6.45, 7) is 2.36. The SMILES string of the molecule is CCC1CCCC(C2CCCC(Cl)C2)C1. The Morgan fingerprint density at radius 3 is 2.27 bits per heavy atom. The van der Waals surface area contributed by atoms with Crippen LogP contribution >= 0.6 is 11.6 Å². The average Bonchev–Trinajstić information content (AvgIpc) is 2.29. The van der Waals surface area contributed by atoms with Crippen molar-refractivity contribution < 1.29 is 0 Å². The van der Waals surface area contributed by atoms with Crippen LogP contribution in [0.5, 0.6) is 0 Å². The molecular weight excluding hydrogens is 204 g/mol. The van der Waals surface area contributed by atoms with Gasteiger partial charge in [0.1, 0.15) is 0 Å². The Balaban J connectivity index is 1.86. The van der Waals surface area contributed by atoms with Crippen LogP contribution in [0.2, 0.25) is 0 Å². The van der Waals surface area contributed by atoms with Gasteiger partial charge >= 0.3 is 0 Å². The van der Waals surface area contributed by atoms with E-state index in [1.54, 1.807) is 0 Å². The Hall–Kier alpha value is 0.290. The molecule has 88 valence electrons. The van der Waals surface area contributed by atoms with Crippen LogP contribution in [0.3, 0.4) is 0 Å². The Morgan fingerprint density at radius 1 is 0.933 bits per heavy atom. The minimum absolute atomic E-state index is 0.491. The standard InChI is InChI=1S/C14H25Cl/c1-2-11-5-3-6-12(9-11)13-7-4-8-14(15)10-13/h11-14H,2-10H2,1H3. The van der Waals surface area contributed by atoms with Crippen LogP contribution in [0.25, 0.3) is 0 Å². The number of alkyl halides is 1. The molecule has 0 aromatic carbocycles. The van der Waals surface area contributed by atoms with E-state index >= 15 is 0 Å². The second-order valence-corrected chi connectivity index (χ2v) is 6.34. The van der Waals surface area contributed by atoms with Crippen LogP contribution < -0.4 is 0 Å². The van der Waals surface area contributed by atoms with E-state index in [2.05, 4.69) is 6.92 Å². The number of halogens is 1. The molecular formula is C14H25Cl.